The average molecular weight is 379 g/mol. The van der Waals surface area contributed by atoms with Crippen LogP contribution in [0.4, 0.5) is 0 Å². The van der Waals surface area contributed by atoms with Crippen LogP contribution in [-0.2, 0) is 17.8 Å². The summed E-state index contributed by atoms with van der Waals surface area (Å²) in [7, 11) is 0. The van der Waals surface area contributed by atoms with Gasteiger partial charge in [0, 0.05) is 32.2 Å². The molecule has 1 aromatic carbocycles. The number of likely N-dealkylation sites (tertiary alicyclic amines) is 1. The smallest absolute Gasteiger partial charge is 0.228 e. The van der Waals surface area contributed by atoms with E-state index in [0.29, 0.717) is 11.9 Å². The van der Waals surface area contributed by atoms with E-state index in [1.165, 1.54) is 62.5 Å². The number of piperidine rings is 1. The molecule has 6 aliphatic rings. The second-order valence-electron chi connectivity index (χ2n) is 10.7. The van der Waals surface area contributed by atoms with Crippen LogP contribution in [0.3, 0.4) is 0 Å². The van der Waals surface area contributed by atoms with E-state index in [4.69, 9.17) is 0 Å². The van der Waals surface area contributed by atoms with Crippen LogP contribution in [-0.4, -0.2) is 41.4 Å². The molecule has 0 N–H and O–H groups in total. The predicted molar refractivity (Wildman–Crippen MR) is 111 cm³/mol. The molecule has 0 radical (unpaired) electrons. The molecule has 0 spiro atoms. The highest BCUT2D eigenvalue weighted by atomic mass is 16.2. The quantitative estimate of drug-likeness (QED) is 0.768. The zero-order valence-electron chi connectivity index (χ0n) is 17.1. The highest BCUT2D eigenvalue weighted by Crippen LogP contribution is 2.60. The Balaban J connectivity index is 1.17. The topological polar surface area (TPSA) is 23.6 Å². The van der Waals surface area contributed by atoms with E-state index in [1.54, 1.807) is 0 Å². The fraction of sp³-hybridized carbons (Fsp3) is 0.720. The van der Waals surface area contributed by atoms with Crippen LogP contribution in [0.15, 0.2) is 24.3 Å². The standard InChI is InChI=1S/C25H34N2O/c28-24(25-13-18-10-19(14-25)12-20(11-18)15-25)27-8-3-6-23(17-27)26-9-7-21-4-1-2-5-22(21)16-26/h1-2,4-5,18-20,23H,3,6-17H2/t18?,19?,20?,23-,25?/m0/s1. The van der Waals surface area contributed by atoms with E-state index in [1.807, 2.05) is 0 Å². The third-order valence-corrected chi connectivity index (χ3v) is 8.85. The van der Waals surface area contributed by atoms with Crippen LogP contribution in [0.1, 0.15) is 62.5 Å². The Kier molecular flexibility index (Phi) is 4.12. The van der Waals surface area contributed by atoms with Gasteiger partial charge < -0.3 is 4.90 Å². The van der Waals surface area contributed by atoms with E-state index >= 15 is 0 Å². The molecule has 1 saturated heterocycles. The third-order valence-electron chi connectivity index (χ3n) is 8.85. The molecule has 28 heavy (non-hydrogen) atoms. The van der Waals surface area contributed by atoms with Crippen LogP contribution < -0.4 is 0 Å². The summed E-state index contributed by atoms with van der Waals surface area (Å²) in [6.07, 6.45) is 11.5. The molecule has 4 bridgehead atoms. The van der Waals surface area contributed by atoms with Gasteiger partial charge in [-0.1, -0.05) is 24.3 Å². The van der Waals surface area contributed by atoms with E-state index < -0.39 is 0 Å². The molecule has 2 heterocycles. The van der Waals surface area contributed by atoms with Crippen molar-refractivity contribution in [3.05, 3.63) is 35.4 Å². The molecule has 1 atom stereocenters. The number of carbonyl (C=O) groups is 1. The summed E-state index contributed by atoms with van der Waals surface area (Å²) in [5.41, 5.74) is 3.06. The molecular weight excluding hydrogens is 344 g/mol. The Hall–Kier alpha value is -1.35. The Morgan fingerprint density at radius 2 is 1.61 bits per heavy atom. The van der Waals surface area contributed by atoms with Crippen LogP contribution in [0, 0.1) is 23.2 Å². The Morgan fingerprint density at radius 1 is 0.929 bits per heavy atom. The first-order valence-corrected chi connectivity index (χ1v) is 11.8. The second-order valence-corrected chi connectivity index (χ2v) is 10.7. The van der Waals surface area contributed by atoms with Gasteiger partial charge in [0.2, 0.25) is 5.91 Å². The minimum Gasteiger partial charge on any atom is -0.341 e. The first kappa shape index (κ1) is 17.5. The summed E-state index contributed by atoms with van der Waals surface area (Å²) in [4.78, 5) is 18.8. The van der Waals surface area contributed by atoms with E-state index in [-0.39, 0.29) is 5.41 Å². The van der Waals surface area contributed by atoms with Crippen molar-refractivity contribution in [2.24, 2.45) is 23.2 Å². The molecule has 4 saturated carbocycles. The van der Waals surface area contributed by atoms with Gasteiger partial charge in [-0.2, -0.15) is 0 Å². The van der Waals surface area contributed by atoms with Crippen LogP contribution in [0.2, 0.25) is 0 Å². The molecule has 0 unspecified atom stereocenters. The summed E-state index contributed by atoms with van der Waals surface area (Å²) < 4.78 is 0. The molecule has 2 aliphatic heterocycles. The van der Waals surface area contributed by atoms with Crippen molar-refractivity contribution in [1.82, 2.24) is 9.80 Å². The SMILES string of the molecule is O=C(N1CCC[C@H](N2CCc3ccccc3C2)C1)C12CC3CC(CC(C3)C1)C2. The van der Waals surface area contributed by atoms with Gasteiger partial charge in [0.15, 0.2) is 0 Å². The first-order chi connectivity index (χ1) is 13.7. The fourth-order valence-corrected chi connectivity index (χ4v) is 7.97. The summed E-state index contributed by atoms with van der Waals surface area (Å²) in [6, 6.07) is 9.48. The summed E-state index contributed by atoms with van der Waals surface area (Å²) in [5.74, 6) is 3.12. The number of hydrogen-bond donors (Lipinski definition) is 0. The molecule has 7 rings (SSSR count). The lowest BCUT2D eigenvalue weighted by molar-refractivity contribution is -0.159. The monoisotopic (exact) mass is 378 g/mol. The summed E-state index contributed by atoms with van der Waals surface area (Å²) >= 11 is 0. The highest BCUT2D eigenvalue weighted by molar-refractivity contribution is 5.83. The van der Waals surface area contributed by atoms with Crippen molar-refractivity contribution in [3.8, 4) is 0 Å². The summed E-state index contributed by atoms with van der Waals surface area (Å²) in [5, 5.41) is 0. The van der Waals surface area contributed by atoms with E-state index in [2.05, 4.69) is 34.1 Å². The molecule has 0 aromatic heterocycles. The van der Waals surface area contributed by atoms with Crippen molar-refractivity contribution < 1.29 is 4.79 Å². The summed E-state index contributed by atoms with van der Waals surface area (Å²) in [6.45, 7) is 4.20. The van der Waals surface area contributed by atoms with Gasteiger partial charge in [-0.25, -0.2) is 0 Å². The van der Waals surface area contributed by atoms with Crippen molar-refractivity contribution in [2.75, 3.05) is 19.6 Å². The second kappa shape index (κ2) is 6.58. The van der Waals surface area contributed by atoms with Gasteiger partial charge in [0.05, 0.1) is 5.41 Å². The normalized spacial score (nSPS) is 39.8. The third kappa shape index (κ3) is 2.84. The maximum absolute atomic E-state index is 13.8. The van der Waals surface area contributed by atoms with Crippen LogP contribution in [0.25, 0.3) is 0 Å². The molecule has 3 heteroatoms. The van der Waals surface area contributed by atoms with Gasteiger partial charge >= 0.3 is 0 Å². The average Bonchev–Trinajstić information content (AvgIpc) is 2.72. The molecule has 4 aliphatic carbocycles. The van der Waals surface area contributed by atoms with Crippen molar-refractivity contribution in [1.29, 1.82) is 0 Å². The van der Waals surface area contributed by atoms with Gasteiger partial charge in [0.1, 0.15) is 0 Å². The molecule has 5 fully saturated rings. The largest absolute Gasteiger partial charge is 0.341 e. The fourth-order valence-electron chi connectivity index (χ4n) is 7.97. The van der Waals surface area contributed by atoms with Gasteiger partial charge in [-0.15, -0.1) is 0 Å². The number of fused-ring (bicyclic) bond motifs is 1. The lowest BCUT2D eigenvalue weighted by atomic mass is 9.49. The maximum Gasteiger partial charge on any atom is 0.228 e. The number of benzene rings is 1. The number of carbonyl (C=O) groups excluding carboxylic acids is 1. The van der Waals surface area contributed by atoms with Crippen LogP contribution >= 0.6 is 0 Å². The minimum absolute atomic E-state index is 0.0329. The molecule has 3 nitrogen and oxygen atoms in total. The number of hydrogen-bond acceptors (Lipinski definition) is 2. The molecule has 1 amide bonds. The number of nitrogens with zero attached hydrogens (tertiary/aromatic N) is 2. The zero-order chi connectivity index (χ0) is 18.7. The minimum atomic E-state index is 0.0329. The Bertz CT molecular complexity index is 736. The van der Waals surface area contributed by atoms with Gasteiger partial charge in [0.25, 0.3) is 0 Å². The van der Waals surface area contributed by atoms with E-state index in [0.717, 1.165) is 50.4 Å². The number of amides is 1. The lowest BCUT2D eigenvalue weighted by Crippen LogP contribution is -2.58. The predicted octanol–water partition coefficient (Wildman–Crippen LogP) is 4.25. The van der Waals surface area contributed by atoms with Crippen LogP contribution in [0.5, 0.6) is 0 Å². The molecular formula is C25H34N2O. The van der Waals surface area contributed by atoms with E-state index in [9.17, 15) is 4.79 Å². The van der Waals surface area contributed by atoms with Gasteiger partial charge in [-0.3, -0.25) is 9.69 Å². The first-order valence-electron chi connectivity index (χ1n) is 11.8. The zero-order valence-corrected chi connectivity index (χ0v) is 17.1. The lowest BCUT2D eigenvalue weighted by Gasteiger charge is -2.57. The molecule has 1 aromatic rings. The molecule has 150 valence electrons. The maximum atomic E-state index is 13.8. The van der Waals surface area contributed by atoms with Crippen molar-refractivity contribution >= 4 is 5.91 Å². The Morgan fingerprint density at radius 3 is 2.32 bits per heavy atom. The highest BCUT2D eigenvalue weighted by Gasteiger charge is 2.55. The number of rotatable bonds is 2. The van der Waals surface area contributed by atoms with Gasteiger partial charge in [-0.05, 0) is 86.7 Å². The Labute approximate surface area is 169 Å². The van der Waals surface area contributed by atoms with Crippen molar-refractivity contribution in [3.63, 3.8) is 0 Å². The van der Waals surface area contributed by atoms with Crippen molar-refractivity contribution in [2.45, 2.75) is 70.4 Å².